The number of methoxy groups -OCH3 is 1. The fourth-order valence-corrected chi connectivity index (χ4v) is 4.29. The summed E-state index contributed by atoms with van der Waals surface area (Å²) < 4.78 is 12.3. The quantitative estimate of drug-likeness (QED) is 0.719. The van der Waals surface area contributed by atoms with Crippen LogP contribution in [0.3, 0.4) is 0 Å². The molecule has 0 radical (unpaired) electrons. The van der Waals surface area contributed by atoms with Crippen LogP contribution in [0.4, 0.5) is 0 Å². The Morgan fingerprint density at radius 3 is 2.71 bits per heavy atom. The second-order valence-corrected chi connectivity index (χ2v) is 6.73. The Bertz CT molecular complexity index is 824. The summed E-state index contributed by atoms with van der Waals surface area (Å²) >= 11 is 1.48. The van der Waals surface area contributed by atoms with Crippen LogP contribution in [0.5, 0.6) is 11.6 Å². The van der Waals surface area contributed by atoms with Crippen molar-refractivity contribution in [1.29, 1.82) is 0 Å². The van der Waals surface area contributed by atoms with Crippen LogP contribution >= 0.6 is 11.3 Å². The molecule has 8 heteroatoms. The molecule has 24 heavy (non-hydrogen) atoms. The summed E-state index contributed by atoms with van der Waals surface area (Å²) in [6.07, 6.45) is 1.46. The van der Waals surface area contributed by atoms with Crippen molar-refractivity contribution in [3.8, 4) is 11.6 Å². The first-order valence-corrected chi connectivity index (χ1v) is 8.67. The lowest BCUT2D eigenvalue weighted by Crippen LogP contribution is -3.14. The van der Waals surface area contributed by atoms with E-state index < -0.39 is 0 Å². The average Bonchev–Trinajstić information content (AvgIpc) is 3.21. The molecule has 1 atom stereocenters. The van der Waals surface area contributed by atoms with Crippen LogP contribution in [0.15, 0.2) is 30.6 Å². The molecule has 1 fully saturated rings. The molecule has 1 aliphatic rings. The molecular weight excluding hydrogens is 328 g/mol. The first-order valence-electron chi connectivity index (χ1n) is 7.85. The van der Waals surface area contributed by atoms with Crippen molar-refractivity contribution in [2.24, 2.45) is 0 Å². The molecule has 0 saturated carbocycles. The number of ether oxygens (including phenoxy) is 2. The molecule has 3 aromatic rings. The van der Waals surface area contributed by atoms with Crippen molar-refractivity contribution < 1.29 is 19.5 Å². The predicted octanol–water partition coefficient (Wildman–Crippen LogP) is 0.509. The zero-order valence-electron chi connectivity index (χ0n) is 13.3. The molecule has 1 aliphatic heterocycles. The van der Waals surface area contributed by atoms with Gasteiger partial charge in [-0.05, 0) is 24.3 Å². The Morgan fingerprint density at radius 1 is 1.29 bits per heavy atom. The summed E-state index contributed by atoms with van der Waals surface area (Å²) in [4.78, 5) is 7.16. The topological polar surface area (TPSA) is 73.3 Å². The van der Waals surface area contributed by atoms with Crippen LogP contribution in [0.25, 0.3) is 4.96 Å². The average molecular weight is 347 g/mol. The molecule has 7 nitrogen and oxygen atoms in total. The summed E-state index contributed by atoms with van der Waals surface area (Å²) in [5.74, 6) is 0.994. The maximum atomic E-state index is 10.6. The van der Waals surface area contributed by atoms with Crippen molar-refractivity contribution >= 4 is 16.3 Å². The fraction of sp³-hybridized carbons (Fsp3) is 0.375. The molecule has 0 bridgehead atoms. The van der Waals surface area contributed by atoms with E-state index in [1.165, 1.54) is 27.1 Å². The number of aromatic hydroxyl groups is 1. The molecule has 126 valence electrons. The van der Waals surface area contributed by atoms with E-state index in [4.69, 9.17) is 9.47 Å². The van der Waals surface area contributed by atoms with Crippen molar-refractivity contribution in [2.45, 2.75) is 6.04 Å². The number of rotatable bonds is 4. The third-order valence-electron chi connectivity index (χ3n) is 4.39. The summed E-state index contributed by atoms with van der Waals surface area (Å²) in [6.45, 7) is 3.24. The van der Waals surface area contributed by atoms with E-state index in [1.54, 1.807) is 7.11 Å². The maximum Gasteiger partial charge on any atom is 0.235 e. The van der Waals surface area contributed by atoms with Gasteiger partial charge >= 0.3 is 0 Å². The van der Waals surface area contributed by atoms with Gasteiger partial charge in [-0.3, -0.25) is 0 Å². The third-order valence-corrected chi connectivity index (χ3v) is 5.49. The number of fused-ring (bicyclic) bond motifs is 1. The first kappa shape index (κ1) is 15.4. The number of morpholine rings is 1. The number of nitrogens with zero attached hydrogens (tertiary/aromatic N) is 3. The number of thiazole rings is 1. The van der Waals surface area contributed by atoms with E-state index in [1.807, 2.05) is 12.1 Å². The first-order chi connectivity index (χ1) is 11.8. The molecule has 4 rings (SSSR count). The minimum Gasteiger partial charge on any atom is -0.497 e. The van der Waals surface area contributed by atoms with Crippen LogP contribution in [0, 0.1) is 0 Å². The largest absolute Gasteiger partial charge is 0.497 e. The van der Waals surface area contributed by atoms with Gasteiger partial charge in [0.25, 0.3) is 0 Å². The van der Waals surface area contributed by atoms with Crippen LogP contribution < -0.4 is 9.64 Å². The van der Waals surface area contributed by atoms with Gasteiger partial charge < -0.3 is 19.5 Å². The number of aromatic nitrogens is 3. The normalized spacial score (nSPS) is 17.2. The van der Waals surface area contributed by atoms with Crippen molar-refractivity contribution in [2.75, 3.05) is 33.4 Å². The third kappa shape index (κ3) is 2.62. The molecular formula is C16H19N4O3S+. The van der Waals surface area contributed by atoms with Gasteiger partial charge in [0.2, 0.25) is 10.8 Å². The van der Waals surface area contributed by atoms with Crippen molar-refractivity contribution in [1.82, 2.24) is 14.6 Å². The zero-order chi connectivity index (χ0) is 16.5. The van der Waals surface area contributed by atoms with E-state index in [9.17, 15) is 5.11 Å². The fourth-order valence-electron chi connectivity index (χ4n) is 3.17. The highest BCUT2D eigenvalue weighted by atomic mass is 32.1. The van der Waals surface area contributed by atoms with Gasteiger partial charge in [0.15, 0.2) is 6.04 Å². The van der Waals surface area contributed by atoms with E-state index >= 15 is 0 Å². The van der Waals surface area contributed by atoms with Gasteiger partial charge in [0, 0.05) is 5.56 Å². The Morgan fingerprint density at radius 2 is 2.04 bits per heavy atom. The minimum absolute atomic E-state index is 0.0216. The van der Waals surface area contributed by atoms with Crippen molar-refractivity contribution in [3.63, 3.8) is 0 Å². The number of benzene rings is 1. The van der Waals surface area contributed by atoms with E-state index in [0.29, 0.717) is 4.96 Å². The molecule has 1 saturated heterocycles. The Hall–Kier alpha value is -2.16. The van der Waals surface area contributed by atoms with Crippen LogP contribution in [-0.2, 0) is 4.74 Å². The summed E-state index contributed by atoms with van der Waals surface area (Å²) in [5.41, 5.74) is 1.13. The smallest absolute Gasteiger partial charge is 0.235 e. The lowest BCUT2D eigenvalue weighted by atomic mass is 10.0. The Labute approximate surface area is 143 Å². The molecule has 0 spiro atoms. The van der Waals surface area contributed by atoms with Gasteiger partial charge in [-0.2, -0.15) is 9.61 Å². The van der Waals surface area contributed by atoms with Crippen LogP contribution in [0.1, 0.15) is 16.5 Å². The van der Waals surface area contributed by atoms with E-state index in [-0.39, 0.29) is 11.9 Å². The van der Waals surface area contributed by atoms with Gasteiger partial charge in [-0.15, -0.1) is 0 Å². The van der Waals surface area contributed by atoms with Crippen LogP contribution in [-0.4, -0.2) is 53.1 Å². The highest BCUT2D eigenvalue weighted by Gasteiger charge is 2.33. The van der Waals surface area contributed by atoms with Gasteiger partial charge in [-0.1, -0.05) is 11.3 Å². The predicted molar refractivity (Wildman–Crippen MR) is 88.9 cm³/mol. The molecule has 1 aromatic carbocycles. The SMILES string of the molecule is COc1ccc([C@@H](c2sc3ncnn3c2O)[NH+]2CCOCC2)cc1. The molecule has 3 heterocycles. The Kier molecular flexibility index (Phi) is 4.09. The lowest BCUT2D eigenvalue weighted by Gasteiger charge is -2.31. The molecule has 0 amide bonds. The van der Waals surface area contributed by atoms with E-state index in [0.717, 1.165) is 42.5 Å². The second kappa shape index (κ2) is 6.39. The number of nitrogens with one attached hydrogen (secondary N) is 1. The summed E-state index contributed by atoms with van der Waals surface area (Å²) in [5, 5.41) is 14.7. The summed E-state index contributed by atoms with van der Waals surface area (Å²) in [6, 6.07) is 8.04. The molecule has 2 N–H and O–H groups in total. The molecule has 2 aromatic heterocycles. The second-order valence-electron chi connectivity index (χ2n) is 5.72. The van der Waals surface area contributed by atoms with Gasteiger partial charge in [0.05, 0.1) is 20.3 Å². The zero-order valence-corrected chi connectivity index (χ0v) is 14.1. The van der Waals surface area contributed by atoms with Gasteiger partial charge in [0.1, 0.15) is 30.0 Å². The highest BCUT2D eigenvalue weighted by Crippen LogP contribution is 2.35. The number of hydrogen-bond donors (Lipinski definition) is 2. The lowest BCUT2D eigenvalue weighted by molar-refractivity contribution is -0.932. The maximum absolute atomic E-state index is 10.6. The van der Waals surface area contributed by atoms with Crippen LogP contribution in [0.2, 0.25) is 0 Å². The Balaban J connectivity index is 1.79. The molecule has 0 unspecified atom stereocenters. The molecule has 0 aliphatic carbocycles. The monoisotopic (exact) mass is 347 g/mol. The highest BCUT2D eigenvalue weighted by molar-refractivity contribution is 7.17. The summed E-state index contributed by atoms with van der Waals surface area (Å²) in [7, 11) is 1.66. The minimum atomic E-state index is 0.0216. The number of hydrogen-bond acceptors (Lipinski definition) is 6. The van der Waals surface area contributed by atoms with Crippen molar-refractivity contribution in [3.05, 3.63) is 41.0 Å². The number of quaternary nitrogens is 1. The standard InChI is InChI=1S/C16H18N4O3S/c1-22-12-4-2-11(3-5-12)13(19-6-8-23-9-7-19)14-15(21)20-16(24-14)17-10-18-20/h2-5,10,13,21H,6-9H2,1H3/p+1/t13-/m0/s1. The van der Waals surface area contributed by atoms with E-state index in [2.05, 4.69) is 22.2 Å². The van der Waals surface area contributed by atoms with Gasteiger partial charge in [-0.25, -0.2) is 4.98 Å².